The van der Waals surface area contributed by atoms with Crippen molar-refractivity contribution in [3.63, 3.8) is 0 Å². The number of rotatable bonds is 2. The topological polar surface area (TPSA) is 15.3 Å². The highest BCUT2D eigenvalue weighted by atomic mass is 35.5. The number of piperazine rings is 1. The number of hydrogen-bond acceptors (Lipinski definition) is 2. The number of halogens is 7. The molecule has 0 bridgehead atoms. The van der Waals surface area contributed by atoms with Crippen LogP contribution in [0.2, 0.25) is 5.02 Å². The molecule has 0 aromatic heterocycles. The van der Waals surface area contributed by atoms with Crippen molar-refractivity contribution in [3.05, 3.63) is 34.3 Å². The first-order valence-corrected chi connectivity index (χ1v) is 6.87. The van der Waals surface area contributed by atoms with E-state index >= 15 is 0 Å². The fourth-order valence-electron chi connectivity index (χ4n) is 2.56. The van der Waals surface area contributed by atoms with Crippen LogP contribution in [0.1, 0.15) is 17.2 Å². The Morgan fingerprint density at radius 3 is 2.14 bits per heavy atom. The highest BCUT2D eigenvalue weighted by molar-refractivity contribution is 6.31. The van der Waals surface area contributed by atoms with Crippen LogP contribution in [0.3, 0.4) is 0 Å². The lowest BCUT2D eigenvalue weighted by atomic mass is 9.97. The molecule has 124 valence electrons. The fraction of sp³-hybridized carbons (Fsp3) is 0.538. The Bertz CT molecular complexity index is 522. The Kier molecular flexibility index (Phi) is 4.93. The molecule has 2 rings (SSSR count). The fourth-order valence-corrected chi connectivity index (χ4v) is 2.83. The van der Waals surface area contributed by atoms with Crippen LogP contribution in [-0.2, 0) is 6.18 Å². The number of benzene rings is 1. The van der Waals surface area contributed by atoms with Crippen LogP contribution in [0, 0.1) is 0 Å². The molecule has 0 saturated carbocycles. The minimum absolute atomic E-state index is 0.00725. The molecular formula is C13H13ClF6N2. The molecule has 1 saturated heterocycles. The van der Waals surface area contributed by atoms with E-state index in [1.807, 2.05) is 0 Å². The largest absolute Gasteiger partial charge is 0.416 e. The maximum atomic E-state index is 13.5. The van der Waals surface area contributed by atoms with E-state index < -0.39 is 34.5 Å². The third-order valence-corrected chi connectivity index (χ3v) is 3.79. The summed E-state index contributed by atoms with van der Waals surface area (Å²) in [5.74, 6) is 0. The Labute approximate surface area is 128 Å². The number of nitrogens with zero attached hydrogens (tertiary/aromatic N) is 1. The molecule has 9 heteroatoms. The Morgan fingerprint density at radius 2 is 1.64 bits per heavy atom. The normalized spacial score (nSPS) is 19.2. The van der Waals surface area contributed by atoms with Crippen LogP contribution in [0.25, 0.3) is 0 Å². The summed E-state index contributed by atoms with van der Waals surface area (Å²) < 4.78 is 79.6. The van der Waals surface area contributed by atoms with Crippen LogP contribution in [0.4, 0.5) is 26.3 Å². The minimum Gasteiger partial charge on any atom is -0.314 e. The summed E-state index contributed by atoms with van der Waals surface area (Å²) in [6.07, 6.45) is -9.76. The summed E-state index contributed by atoms with van der Waals surface area (Å²) >= 11 is 5.71. The van der Waals surface area contributed by atoms with E-state index in [1.54, 1.807) is 0 Å². The number of hydrogen-bond donors (Lipinski definition) is 1. The van der Waals surface area contributed by atoms with Crippen LogP contribution < -0.4 is 5.32 Å². The first-order valence-electron chi connectivity index (χ1n) is 6.49. The quantitative estimate of drug-likeness (QED) is 0.818. The number of alkyl halides is 6. The molecule has 1 fully saturated rings. The molecule has 1 aliphatic heterocycles. The molecule has 0 aliphatic carbocycles. The van der Waals surface area contributed by atoms with Gasteiger partial charge in [0.2, 0.25) is 0 Å². The van der Waals surface area contributed by atoms with Crippen LogP contribution in [-0.4, -0.2) is 37.3 Å². The van der Waals surface area contributed by atoms with Gasteiger partial charge >= 0.3 is 12.4 Å². The van der Waals surface area contributed by atoms with E-state index in [9.17, 15) is 26.3 Å². The molecule has 0 spiro atoms. The highest BCUT2D eigenvalue weighted by Crippen LogP contribution is 2.46. The molecule has 2 nitrogen and oxygen atoms in total. The highest BCUT2D eigenvalue weighted by Gasteiger charge is 2.49. The molecule has 0 unspecified atom stereocenters. The first-order chi connectivity index (χ1) is 10.1. The minimum atomic E-state index is -4.90. The van der Waals surface area contributed by atoms with Crippen molar-refractivity contribution in [3.8, 4) is 0 Å². The van der Waals surface area contributed by atoms with Crippen LogP contribution in [0.15, 0.2) is 18.2 Å². The molecule has 1 aliphatic rings. The van der Waals surface area contributed by atoms with Gasteiger partial charge in [0.15, 0.2) is 0 Å². The second-order valence-corrected chi connectivity index (χ2v) is 5.34. The van der Waals surface area contributed by atoms with Gasteiger partial charge in [-0.05, 0) is 12.1 Å². The molecule has 1 aromatic carbocycles. The van der Waals surface area contributed by atoms with Crippen LogP contribution >= 0.6 is 11.6 Å². The molecule has 1 atom stereocenters. The second kappa shape index (κ2) is 6.25. The van der Waals surface area contributed by atoms with Gasteiger partial charge < -0.3 is 5.32 Å². The monoisotopic (exact) mass is 346 g/mol. The van der Waals surface area contributed by atoms with Crippen molar-refractivity contribution >= 4 is 11.6 Å². The predicted molar refractivity (Wildman–Crippen MR) is 69.7 cm³/mol. The molecular weight excluding hydrogens is 334 g/mol. The standard InChI is InChI=1S/C13H13ClF6N2/c14-9-3-1-2-8(12(15,16)17)10(9)11(13(18,19)20)22-6-4-21-5-7-22/h1-3,11,21H,4-7H2/t11-/m1/s1. The maximum Gasteiger partial charge on any atom is 0.416 e. The SMILES string of the molecule is FC(F)(F)c1cccc(Cl)c1[C@@H](N1CCNCC1)C(F)(F)F. The summed E-state index contributed by atoms with van der Waals surface area (Å²) in [6, 6.07) is 0.301. The summed E-state index contributed by atoms with van der Waals surface area (Å²) in [7, 11) is 0. The van der Waals surface area contributed by atoms with Gasteiger partial charge in [-0.3, -0.25) is 4.90 Å². The zero-order chi connectivity index (χ0) is 16.5. The Morgan fingerprint density at radius 1 is 1.05 bits per heavy atom. The van der Waals surface area contributed by atoms with Crippen molar-refractivity contribution in [2.45, 2.75) is 18.4 Å². The van der Waals surface area contributed by atoms with Crippen molar-refractivity contribution in [1.29, 1.82) is 0 Å². The van der Waals surface area contributed by atoms with E-state index in [4.69, 9.17) is 11.6 Å². The molecule has 1 heterocycles. The average Bonchev–Trinajstić information content (AvgIpc) is 2.39. The van der Waals surface area contributed by atoms with E-state index in [-0.39, 0.29) is 26.2 Å². The van der Waals surface area contributed by atoms with Gasteiger partial charge in [-0.2, -0.15) is 26.3 Å². The van der Waals surface area contributed by atoms with Gasteiger partial charge in [0.25, 0.3) is 0 Å². The molecule has 22 heavy (non-hydrogen) atoms. The molecule has 1 aromatic rings. The lowest BCUT2D eigenvalue weighted by molar-refractivity contribution is -0.190. The van der Waals surface area contributed by atoms with E-state index in [0.29, 0.717) is 6.07 Å². The van der Waals surface area contributed by atoms with Gasteiger partial charge in [-0.1, -0.05) is 17.7 Å². The lowest BCUT2D eigenvalue weighted by Gasteiger charge is -2.37. The Balaban J connectivity index is 2.57. The van der Waals surface area contributed by atoms with Crippen LogP contribution in [0.5, 0.6) is 0 Å². The predicted octanol–water partition coefficient (Wildman–Crippen LogP) is 3.87. The third kappa shape index (κ3) is 3.67. The summed E-state index contributed by atoms with van der Waals surface area (Å²) in [5, 5.41) is 2.34. The average molecular weight is 347 g/mol. The van der Waals surface area contributed by atoms with Gasteiger partial charge in [-0.15, -0.1) is 0 Å². The summed E-state index contributed by atoms with van der Waals surface area (Å²) in [4.78, 5) is 0.979. The molecule has 0 radical (unpaired) electrons. The summed E-state index contributed by atoms with van der Waals surface area (Å²) in [5.41, 5.74) is -2.27. The zero-order valence-corrected chi connectivity index (χ0v) is 12.0. The van der Waals surface area contributed by atoms with Gasteiger partial charge in [0.05, 0.1) is 5.56 Å². The van der Waals surface area contributed by atoms with Crippen molar-refractivity contribution in [1.82, 2.24) is 10.2 Å². The van der Waals surface area contributed by atoms with E-state index in [2.05, 4.69) is 5.32 Å². The molecule has 1 N–H and O–H groups in total. The van der Waals surface area contributed by atoms with Gasteiger partial charge in [0.1, 0.15) is 6.04 Å². The second-order valence-electron chi connectivity index (χ2n) is 4.93. The van der Waals surface area contributed by atoms with Crippen molar-refractivity contribution in [2.75, 3.05) is 26.2 Å². The van der Waals surface area contributed by atoms with E-state index in [0.717, 1.165) is 17.0 Å². The Hall–Kier alpha value is -0.990. The zero-order valence-electron chi connectivity index (χ0n) is 11.2. The lowest BCUT2D eigenvalue weighted by Crippen LogP contribution is -2.49. The first kappa shape index (κ1) is 17.4. The van der Waals surface area contributed by atoms with E-state index in [1.165, 1.54) is 0 Å². The van der Waals surface area contributed by atoms with Gasteiger partial charge in [-0.25, -0.2) is 0 Å². The summed E-state index contributed by atoms with van der Waals surface area (Å²) in [6.45, 7) is 0.538. The maximum absolute atomic E-state index is 13.5. The third-order valence-electron chi connectivity index (χ3n) is 3.46. The molecule has 0 amide bonds. The smallest absolute Gasteiger partial charge is 0.314 e. The van der Waals surface area contributed by atoms with Crippen molar-refractivity contribution in [2.24, 2.45) is 0 Å². The van der Waals surface area contributed by atoms with Gasteiger partial charge in [0, 0.05) is 36.8 Å². The van der Waals surface area contributed by atoms with Crippen molar-refractivity contribution < 1.29 is 26.3 Å². The number of nitrogens with one attached hydrogen (secondary N) is 1.